The van der Waals surface area contributed by atoms with Crippen LogP contribution in [0.3, 0.4) is 0 Å². The lowest BCUT2D eigenvalue weighted by Crippen LogP contribution is -2.00. The molecule has 0 bridgehead atoms. The fraction of sp³-hybridized carbons (Fsp3) is 0. The Morgan fingerprint density at radius 1 is 1.13 bits per heavy atom. The Hall–Kier alpha value is -1.32. The van der Waals surface area contributed by atoms with Crippen LogP contribution < -0.4 is 0 Å². The number of rotatable bonds is 0. The maximum atomic E-state index is 11.6. The van der Waals surface area contributed by atoms with Crippen molar-refractivity contribution in [1.82, 2.24) is 0 Å². The highest BCUT2D eigenvalue weighted by Gasteiger charge is 2.35. The van der Waals surface area contributed by atoms with Gasteiger partial charge in [0, 0.05) is 10.6 Å². The zero-order valence-electron chi connectivity index (χ0n) is 7.25. The van der Waals surface area contributed by atoms with Gasteiger partial charge in [-0.25, -0.2) is 0 Å². The van der Waals surface area contributed by atoms with Crippen molar-refractivity contribution in [2.45, 2.75) is 0 Å². The second kappa shape index (κ2) is 3.36. The molecular formula is C10H4Cl2O3. The van der Waals surface area contributed by atoms with Gasteiger partial charge in [-0.05, 0) is 12.1 Å². The van der Waals surface area contributed by atoms with E-state index >= 15 is 0 Å². The standard InChI is InChI=1S/C10H4Cl2O3/c11-4-1-5-8(7(12)2-4)10(15)6(3-13)9(5)14/h1-3,13H. The van der Waals surface area contributed by atoms with Crippen LogP contribution in [-0.4, -0.2) is 16.7 Å². The third kappa shape index (κ3) is 1.35. The van der Waals surface area contributed by atoms with Gasteiger partial charge in [-0.1, -0.05) is 23.2 Å². The van der Waals surface area contributed by atoms with Crippen molar-refractivity contribution < 1.29 is 14.7 Å². The number of fused-ring (bicyclic) bond motifs is 1. The molecular weight excluding hydrogens is 239 g/mol. The lowest BCUT2D eigenvalue weighted by atomic mass is 10.1. The molecule has 2 rings (SSSR count). The summed E-state index contributed by atoms with van der Waals surface area (Å²) in [6, 6.07) is 2.74. The van der Waals surface area contributed by atoms with Gasteiger partial charge in [-0.2, -0.15) is 0 Å². The maximum absolute atomic E-state index is 11.6. The van der Waals surface area contributed by atoms with Crippen molar-refractivity contribution in [3.05, 3.63) is 45.1 Å². The van der Waals surface area contributed by atoms with Crippen LogP contribution in [0, 0.1) is 0 Å². The number of aliphatic hydroxyl groups excluding tert-OH is 1. The summed E-state index contributed by atoms with van der Waals surface area (Å²) in [6.45, 7) is 0. The Bertz CT molecular complexity index is 518. The van der Waals surface area contributed by atoms with E-state index in [4.69, 9.17) is 28.3 Å². The minimum absolute atomic E-state index is 0.103. The molecule has 0 aliphatic heterocycles. The van der Waals surface area contributed by atoms with Gasteiger partial charge in [0.2, 0.25) is 11.6 Å². The molecule has 3 nitrogen and oxygen atoms in total. The SMILES string of the molecule is O=C1C(=CO)C(=O)c2c(Cl)cc(Cl)cc21. The van der Waals surface area contributed by atoms with Crippen molar-refractivity contribution in [1.29, 1.82) is 0 Å². The molecule has 1 N–H and O–H groups in total. The molecule has 0 atom stereocenters. The number of aliphatic hydroxyl groups is 1. The van der Waals surface area contributed by atoms with E-state index in [1.54, 1.807) is 0 Å². The van der Waals surface area contributed by atoms with Crippen LogP contribution in [0.2, 0.25) is 10.0 Å². The number of benzene rings is 1. The quantitative estimate of drug-likeness (QED) is 0.433. The van der Waals surface area contributed by atoms with Gasteiger partial charge in [-0.15, -0.1) is 0 Å². The average Bonchev–Trinajstić information content (AvgIpc) is 2.39. The number of hydrogen-bond donors (Lipinski definition) is 1. The highest BCUT2D eigenvalue weighted by atomic mass is 35.5. The summed E-state index contributed by atoms with van der Waals surface area (Å²) in [5.74, 6) is -1.12. The van der Waals surface area contributed by atoms with E-state index in [1.807, 2.05) is 0 Å². The molecule has 5 heteroatoms. The fourth-order valence-electron chi connectivity index (χ4n) is 1.48. The van der Waals surface area contributed by atoms with E-state index in [0.29, 0.717) is 6.26 Å². The van der Waals surface area contributed by atoms with Gasteiger partial charge in [0.05, 0.1) is 16.8 Å². The van der Waals surface area contributed by atoms with Gasteiger partial charge in [0.25, 0.3) is 0 Å². The zero-order chi connectivity index (χ0) is 11.2. The lowest BCUT2D eigenvalue weighted by Gasteiger charge is -1.99. The number of carbonyl (C=O) groups excluding carboxylic acids is 2. The summed E-state index contributed by atoms with van der Waals surface area (Å²) >= 11 is 11.5. The topological polar surface area (TPSA) is 54.4 Å². The molecule has 0 amide bonds. The highest BCUT2D eigenvalue weighted by molar-refractivity contribution is 6.46. The Balaban J connectivity index is 2.79. The normalized spacial score (nSPS) is 17.3. The number of halogens is 2. The van der Waals surface area contributed by atoms with Crippen LogP contribution in [0.1, 0.15) is 20.7 Å². The molecule has 1 aromatic rings. The van der Waals surface area contributed by atoms with Crippen molar-refractivity contribution in [3.8, 4) is 0 Å². The van der Waals surface area contributed by atoms with Gasteiger partial charge >= 0.3 is 0 Å². The molecule has 1 aliphatic rings. The molecule has 15 heavy (non-hydrogen) atoms. The number of ketones is 2. The van der Waals surface area contributed by atoms with Crippen LogP contribution in [0.4, 0.5) is 0 Å². The van der Waals surface area contributed by atoms with Crippen LogP contribution in [0.25, 0.3) is 0 Å². The van der Waals surface area contributed by atoms with Crippen LogP contribution in [-0.2, 0) is 0 Å². The third-order valence-corrected chi connectivity index (χ3v) is 2.66. The molecule has 0 unspecified atom stereocenters. The van der Waals surface area contributed by atoms with E-state index in [1.165, 1.54) is 12.1 Å². The van der Waals surface area contributed by atoms with Crippen molar-refractivity contribution in [2.75, 3.05) is 0 Å². The van der Waals surface area contributed by atoms with Crippen LogP contribution in [0.5, 0.6) is 0 Å². The van der Waals surface area contributed by atoms with Gasteiger partial charge < -0.3 is 5.11 Å². The first kappa shape index (κ1) is 10.2. The summed E-state index contributed by atoms with van der Waals surface area (Å²) in [6.07, 6.45) is 0.495. The predicted molar refractivity (Wildman–Crippen MR) is 55.8 cm³/mol. The average molecular weight is 243 g/mol. The molecule has 0 saturated carbocycles. The second-order valence-electron chi connectivity index (χ2n) is 3.01. The lowest BCUT2D eigenvalue weighted by molar-refractivity contribution is 0.0984. The summed E-state index contributed by atoms with van der Waals surface area (Å²) in [5.41, 5.74) is -0.0432. The predicted octanol–water partition coefficient (Wildman–Crippen LogP) is 2.81. The number of carbonyl (C=O) groups is 2. The molecule has 0 heterocycles. The molecule has 0 spiro atoms. The largest absolute Gasteiger partial charge is 0.515 e. The van der Waals surface area contributed by atoms with E-state index < -0.39 is 11.6 Å². The summed E-state index contributed by atoms with van der Waals surface area (Å²) in [7, 11) is 0. The summed E-state index contributed by atoms with van der Waals surface area (Å²) < 4.78 is 0. The van der Waals surface area contributed by atoms with E-state index in [-0.39, 0.29) is 26.7 Å². The molecule has 1 aromatic carbocycles. The maximum Gasteiger partial charge on any atom is 0.202 e. The first-order chi connectivity index (χ1) is 7.06. The number of hydrogen-bond acceptors (Lipinski definition) is 3. The molecule has 0 saturated heterocycles. The van der Waals surface area contributed by atoms with Gasteiger partial charge in [0.1, 0.15) is 5.57 Å². The Labute approximate surface area is 94.9 Å². The molecule has 0 aromatic heterocycles. The molecule has 76 valence electrons. The monoisotopic (exact) mass is 242 g/mol. The van der Waals surface area contributed by atoms with E-state index in [0.717, 1.165) is 0 Å². The van der Waals surface area contributed by atoms with Crippen LogP contribution in [0.15, 0.2) is 24.0 Å². The Kier molecular flexibility index (Phi) is 2.29. The van der Waals surface area contributed by atoms with Crippen molar-refractivity contribution in [2.24, 2.45) is 0 Å². The summed E-state index contributed by atoms with van der Waals surface area (Å²) in [5, 5.41) is 9.15. The Morgan fingerprint density at radius 3 is 2.40 bits per heavy atom. The molecule has 0 radical (unpaired) electrons. The highest BCUT2D eigenvalue weighted by Crippen LogP contribution is 2.34. The Morgan fingerprint density at radius 2 is 1.80 bits per heavy atom. The van der Waals surface area contributed by atoms with Crippen molar-refractivity contribution in [3.63, 3.8) is 0 Å². The minimum Gasteiger partial charge on any atom is -0.515 e. The third-order valence-electron chi connectivity index (χ3n) is 2.15. The second-order valence-corrected chi connectivity index (χ2v) is 3.85. The van der Waals surface area contributed by atoms with Crippen molar-refractivity contribution >= 4 is 34.8 Å². The number of Topliss-reactive ketones (excluding diaryl/α,β-unsaturated/α-hetero) is 2. The van der Waals surface area contributed by atoms with Gasteiger partial charge in [0.15, 0.2) is 0 Å². The van der Waals surface area contributed by atoms with Gasteiger partial charge in [-0.3, -0.25) is 9.59 Å². The molecule has 1 aliphatic carbocycles. The number of allylic oxidation sites excluding steroid dienone is 1. The first-order valence-electron chi connectivity index (χ1n) is 3.99. The fourth-order valence-corrected chi connectivity index (χ4v) is 2.06. The molecule has 0 fully saturated rings. The first-order valence-corrected chi connectivity index (χ1v) is 4.74. The minimum atomic E-state index is -0.570. The summed E-state index contributed by atoms with van der Waals surface area (Å²) in [4.78, 5) is 23.2. The van der Waals surface area contributed by atoms with Crippen LogP contribution >= 0.6 is 23.2 Å². The zero-order valence-corrected chi connectivity index (χ0v) is 8.76. The smallest absolute Gasteiger partial charge is 0.202 e. The van der Waals surface area contributed by atoms with E-state index in [2.05, 4.69) is 0 Å². The van der Waals surface area contributed by atoms with E-state index in [9.17, 15) is 9.59 Å².